The molecule has 3 aromatic rings. The molecule has 0 saturated heterocycles. The Hall–Kier alpha value is -1.95. The van der Waals surface area contributed by atoms with E-state index < -0.39 is 0 Å². The number of fused-ring (bicyclic) bond motifs is 3. The van der Waals surface area contributed by atoms with Gasteiger partial charge in [-0.2, -0.15) is 4.98 Å². The highest BCUT2D eigenvalue weighted by atomic mass is 35.5. The van der Waals surface area contributed by atoms with Crippen LogP contribution in [0.5, 0.6) is 6.01 Å². The lowest BCUT2D eigenvalue weighted by atomic mass is 10.2. The lowest BCUT2D eigenvalue weighted by molar-refractivity contribution is 0.382. The van der Waals surface area contributed by atoms with E-state index in [0.717, 1.165) is 16.4 Å². The fourth-order valence-electron chi connectivity index (χ4n) is 2.01. The highest BCUT2D eigenvalue weighted by Gasteiger charge is 2.16. The Kier molecular flexibility index (Phi) is 2.74. The summed E-state index contributed by atoms with van der Waals surface area (Å²) in [7, 11) is 1.53. The highest BCUT2D eigenvalue weighted by molar-refractivity contribution is 6.36. The predicted octanol–water partition coefficient (Wildman–Crippen LogP) is 2.62. The van der Waals surface area contributed by atoms with E-state index in [9.17, 15) is 0 Å². The Bertz CT molecular complexity index is 767. The third-order valence-electron chi connectivity index (χ3n) is 2.89. The number of nitrogens with zero attached hydrogens (tertiary/aromatic N) is 5. The van der Waals surface area contributed by atoms with Crippen molar-refractivity contribution in [3.8, 4) is 6.01 Å². The van der Waals surface area contributed by atoms with Crippen molar-refractivity contribution in [2.45, 2.75) is 19.9 Å². The Balaban J connectivity index is 2.49. The number of methoxy groups -OCH3 is 1. The summed E-state index contributed by atoms with van der Waals surface area (Å²) < 4.78 is 6.87. The summed E-state index contributed by atoms with van der Waals surface area (Å²) in [6.45, 7) is 4.05. The zero-order valence-corrected chi connectivity index (χ0v) is 11.5. The highest BCUT2D eigenvalue weighted by Crippen LogP contribution is 2.30. The molecule has 0 radical (unpaired) electrons. The standard InChI is InChI=1S/C12H12ClN5O/c1-6(2)18-11-9-7(5-14-12(15-9)19-3)4-8(13)10(11)16-17-18/h4-6H,1-3H3. The second-order valence-corrected chi connectivity index (χ2v) is 4.89. The molecule has 1 aromatic carbocycles. The van der Waals surface area contributed by atoms with E-state index in [4.69, 9.17) is 16.3 Å². The zero-order valence-electron chi connectivity index (χ0n) is 10.8. The van der Waals surface area contributed by atoms with Gasteiger partial charge in [-0.3, -0.25) is 0 Å². The van der Waals surface area contributed by atoms with Crippen LogP contribution in [0, 0.1) is 0 Å². The third kappa shape index (κ3) is 1.79. The van der Waals surface area contributed by atoms with Gasteiger partial charge in [-0.15, -0.1) is 5.10 Å². The van der Waals surface area contributed by atoms with Gasteiger partial charge in [0.1, 0.15) is 16.6 Å². The van der Waals surface area contributed by atoms with Gasteiger partial charge in [0.25, 0.3) is 0 Å². The lowest BCUT2D eigenvalue weighted by Crippen LogP contribution is -2.03. The monoisotopic (exact) mass is 277 g/mol. The average molecular weight is 278 g/mol. The Morgan fingerprint density at radius 1 is 1.32 bits per heavy atom. The second kappa shape index (κ2) is 4.31. The van der Waals surface area contributed by atoms with Crippen LogP contribution in [-0.4, -0.2) is 32.1 Å². The fraction of sp³-hybridized carbons (Fsp3) is 0.333. The van der Waals surface area contributed by atoms with Crippen molar-refractivity contribution < 1.29 is 4.74 Å². The summed E-state index contributed by atoms with van der Waals surface area (Å²) in [5.74, 6) is 0. The van der Waals surface area contributed by atoms with Gasteiger partial charge < -0.3 is 4.74 Å². The fourth-order valence-corrected chi connectivity index (χ4v) is 2.25. The van der Waals surface area contributed by atoms with Crippen molar-refractivity contribution in [1.29, 1.82) is 0 Å². The maximum atomic E-state index is 6.23. The molecule has 0 saturated carbocycles. The molecule has 0 fully saturated rings. The summed E-state index contributed by atoms with van der Waals surface area (Å²) in [5.41, 5.74) is 2.19. The van der Waals surface area contributed by atoms with E-state index in [1.54, 1.807) is 16.9 Å². The SMILES string of the molecule is COc1ncc2cc(Cl)c3nnn(C(C)C)c3c2n1. The third-order valence-corrected chi connectivity index (χ3v) is 3.18. The van der Waals surface area contributed by atoms with Crippen molar-refractivity contribution in [2.24, 2.45) is 0 Å². The minimum absolute atomic E-state index is 0.160. The smallest absolute Gasteiger partial charge is 0.316 e. The van der Waals surface area contributed by atoms with Gasteiger partial charge in [0, 0.05) is 17.6 Å². The topological polar surface area (TPSA) is 65.7 Å². The normalized spacial score (nSPS) is 11.6. The van der Waals surface area contributed by atoms with E-state index in [-0.39, 0.29) is 6.04 Å². The minimum atomic E-state index is 0.160. The molecular weight excluding hydrogens is 266 g/mol. The summed E-state index contributed by atoms with van der Waals surface area (Å²) in [6.07, 6.45) is 1.68. The zero-order chi connectivity index (χ0) is 13.6. The van der Waals surface area contributed by atoms with Gasteiger partial charge in [0.15, 0.2) is 0 Å². The number of ether oxygens (including phenoxy) is 1. The van der Waals surface area contributed by atoms with Crippen molar-refractivity contribution in [3.63, 3.8) is 0 Å². The first-order valence-electron chi connectivity index (χ1n) is 5.86. The first-order valence-corrected chi connectivity index (χ1v) is 6.23. The number of benzene rings is 1. The molecule has 0 bridgehead atoms. The Morgan fingerprint density at radius 3 is 2.79 bits per heavy atom. The van der Waals surface area contributed by atoms with Gasteiger partial charge in [0.2, 0.25) is 0 Å². The van der Waals surface area contributed by atoms with Crippen molar-refractivity contribution in [1.82, 2.24) is 25.0 Å². The van der Waals surface area contributed by atoms with Gasteiger partial charge >= 0.3 is 6.01 Å². The molecule has 7 heteroatoms. The summed E-state index contributed by atoms with van der Waals surface area (Å²) in [5, 5.41) is 9.65. The first-order chi connectivity index (χ1) is 9.11. The molecule has 0 amide bonds. The van der Waals surface area contributed by atoms with Crippen LogP contribution >= 0.6 is 11.6 Å². The molecular formula is C12H12ClN5O. The number of hydrogen-bond donors (Lipinski definition) is 0. The quantitative estimate of drug-likeness (QED) is 0.720. The van der Waals surface area contributed by atoms with Crippen LogP contribution in [0.4, 0.5) is 0 Å². The van der Waals surface area contributed by atoms with Crippen LogP contribution in [0.15, 0.2) is 12.3 Å². The average Bonchev–Trinajstić information content (AvgIpc) is 2.84. The molecule has 0 unspecified atom stereocenters. The van der Waals surface area contributed by atoms with E-state index in [1.807, 2.05) is 13.8 Å². The van der Waals surface area contributed by atoms with Crippen LogP contribution in [0.1, 0.15) is 19.9 Å². The van der Waals surface area contributed by atoms with E-state index >= 15 is 0 Å². The molecule has 98 valence electrons. The maximum absolute atomic E-state index is 6.23. The molecule has 3 rings (SSSR count). The van der Waals surface area contributed by atoms with Crippen LogP contribution in [0.2, 0.25) is 5.02 Å². The summed E-state index contributed by atoms with van der Waals surface area (Å²) in [6, 6.07) is 2.26. The van der Waals surface area contributed by atoms with Crippen LogP contribution in [0.25, 0.3) is 21.9 Å². The number of rotatable bonds is 2. The largest absolute Gasteiger partial charge is 0.467 e. The number of hydrogen-bond acceptors (Lipinski definition) is 5. The van der Waals surface area contributed by atoms with Gasteiger partial charge in [-0.05, 0) is 19.9 Å². The van der Waals surface area contributed by atoms with Crippen LogP contribution in [-0.2, 0) is 0 Å². The Morgan fingerprint density at radius 2 is 2.11 bits per heavy atom. The van der Waals surface area contributed by atoms with Gasteiger partial charge in [0.05, 0.1) is 12.1 Å². The second-order valence-electron chi connectivity index (χ2n) is 4.48. The number of aromatic nitrogens is 5. The molecule has 6 nitrogen and oxygen atoms in total. The van der Waals surface area contributed by atoms with E-state index in [0.29, 0.717) is 16.5 Å². The lowest BCUT2D eigenvalue weighted by Gasteiger charge is -2.08. The molecule has 0 spiro atoms. The molecule has 0 N–H and O–H groups in total. The molecule has 0 atom stereocenters. The van der Waals surface area contributed by atoms with Crippen molar-refractivity contribution >= 4 is 33.5 Å². The first kappa shape index (κ1) is 12.1. The summed E-state index contributed by atoms with van der Waals surface area (Å²) in [4.78, 5) is 8.48. The molecule has 19 heavy (non-hydrogen) atoms. The van der Waals surface area contributed by atoms with E-state index in [1.165, 1.54) is 7.11 Å². The molecule has 0 aliphatic carbocycles. The van der Waals surface area contributed by atoms with Crippen LogP contribution in [0.3, 0.4) is 0 Å². The van der Waals surface area contributed by atoms with Crippen molar-refractivity contribution in [3.05, 3.63) is 17.3 Å². The van der Waals surface area contributed by atoms with Gasteiger partial charge in [-0.1, -0.05) is 16.8 Å². The molecule has 0 aliphatic heterocycles. The van der Waals surface area contributed by atoms with E-state index in [2.05, 4.69) is 20.3 Å². The van der Waals surface area contributed by atoms with Gasteiger partial charge in [-0.25, -0.2) is 9.67 Å². The molecule has 0 aliphatic rings. The maximum Gasteiger partial charge on any atom is 0.316 e. The minimum Gasteiger partial charge on any atom is -0.467 e. The van der Waals surface area contributed by atoms with Crippen LogP contribution < -0.4 is 4.74 Å². The predicted molar refractivity (Wildman–Crippen MR) is 72.6 cm³/mol. The Labute approximate surface area is 114 Å². The number of halogens is 1. The summed E-state index contributed by atoms with van der Waals surface area (Å²) >= 11 is 6.23. The van der Waals surface area contributed by atoms with Crippen molar-refractivity contribution in [2.75, 3.05) is 7.11 Å². The molecule has 2 aromatic heterocycles. The molecule has 2 heterocycles.